The largest absolute Gasteiger partial charge is 0.379 e. The van der Waals surface area contributed by atoms with E-state index in [2.05, 4.69) is 39.0 Å². The van der Waals surface area contributed by atoms with Crippen LogP contribution in [0.25, 0.3) is 0 Å². The second-order valence-electron chi connectivity index (χ2n) is 5.02. The van der Waals surface area contributed by atoms with Crippen molar-refractivity contribution in [2.24, 2.45) is 5.73 Å². The number of ether oxygens (including phenoxy) is 1. The minimum absolute atomic E-state index is 0.760. The normalized spacial score (nSPS) is 16.7. The van der Waals surface area contributed by atoms with E-state index in [4.69, 9.17) is 10.5 Å². The van der Waals surface area contributed by atoms with Crippen molar-refractivity contribution in [2.75, 3.05) is 39.4 Å². The molecule has 0 atom stereocenters. The van der Waals surface area contributed by atoms with E-state index >= 15 is 0 Å². The number of nitrogens with two attached hydrogens (primary N) is 1. The van der Waals surface area contributed by atoms with Crippen LogP contribution in [0, 0.1) is 0 Å². The van der Waals surface area contributed by atoms with Crippen molar-refractivity contribution in [1.29, 1.82) is 0 Å². The quantitative estimate of drug-likeness (QED) is 0.871. The molecule has 1 aliphatic rings. The Morgan fingerprint density at radius 2 is 2.00 bits per heavy atom. The molecule has 1 heterocycles. The smallest absolute Gasteiger partial charge is 0.0594 e. The van der Waals surface area contributed by atoms with Crippen LogP contribution in [0.5, 0.6) is 0 Å². The van der Waals surface area contributed by atoms with Crippen LogP contribution >= 0.6 is 15.9 Å². The average molecular weight is 327 g/mol. The van der Waals surface area contributed by atoms with Crippen LogP contribution in [0.3, 0.4) is 0 Å². The fourth-order valence-electron chi connectivity index (χ4n) is 2.36. The Balaban J connectivity index is 1.85. The molecule has 0 radical (unpaired) electrons. The first-order valence-electron chi connectivity index (χ1n) is 7.07. The third kappa shape index (κ3) is 4.88. The maximum absolute atomic E-state index is 5.55. The van der Waals surface area contributed by atoms with Crippen molar-refractivity contribution in [3.8, 4) is 0 Å². The third-order valence-electron chi connectivity index (χ3n) is 3.59. The number of hydrogen-bond acceptors (Lipinski definition) is 3. The van der Waals surface area contributed by atoms with Gasteiger partial charge in [-0.25, -0.2) is 0 Å². The minimum Gasteiger partial charge on any atom is -0.379 e. The Morgan fingerprint density at radius 3 is 2.68 bits per heavy atom. The Kier molecular flexibility index (Phi) is 6.31. The van der Waals surface area contributed by atoms with Crippen LogP contribution in [-0.2, 0) is 17.6 Å². The predicted octanol–water partition coefficient (Wildman–Crippen LogP) is 2.22. The van der Waals surface area contributed by atoms with Gasteiger partial charge in [0.05, 0.1) is 13.2 Å². The lowest BCUT2D eigenvalue weighted by atomic mass is 10.1. The molecule has 0 saturated carbocycles. The van der Waals surface area contributed by atoms with Crippen LogP contribution in [0.4, 0.5) is 0 Å². The molecule has 0 spiro atoms. The molecule has 2 rings (SSSR count). The van der Waals surface area contributed by atoms with Gasteiger partial charge >= 0.3 is 0 Å². The first-order valence-corrected chi connectivity index (χ1v) is 7.86. The Hall–Kier alpha value is -0.420. The molecule has 0 unspecified atom stereocenters. The Morgan fingerprint density at radius 1 is 1.21 bits per heavy atom. The number of hydrogen-bond donors (Lipinski definition) is 1. The molecular formula is C15H23BrN2O. The molecular weight excluding hydrogens is 304 g/mol. The molecule has 1 aromatic rings. The molecule has 1 aromatic carbocycles. The van der Waals surface area contributed by atoms with E-state index < -0.39 is 0 Å². The summed E-state index contributed by atoms with van der Waals surface area (Å²) < 4.78 is 6.60. The average Bonchev–Trinajstić information content (AvgIpc) is 2.45. The van der Waals surface area contributed by atoms with E-state index in [1.165, 1.54) is 15.6 Å². The molecule has 106 valence electrons. The van der Waals surface area contributed by atoms with Crippen LogP contribution in [0.2, 0.25) is 0 Å². The van der Waals surface area contributed by atoms with Gasteiger partial charge in [-0.2, -0.15) is 0 Å². The van der Waals surface area contributed by atoms with Gasteiger partial charge in [-0.1, -0.05) is 28.1 Å². The SMILES string of the molecule is NCCCc1ccc(CCN2CCOCC2)c(Br)c1. The van der Waals surface area contributed by atoms with Crippen molar-refractivity contribution in [2.45, 2.75) is 19.3 Å². The highest BCUT2D eigenvalue weighted by Gasteiger charge is 2.10. The van der Waals surface area contributed by atoms with Gasteiger partial charge in [0.2, 0.25) is 0 Å². The maximum atomic E-state index is 5.55. The van der Waals surface area contributed by atoms with E-state index in [9.17, 15) is 0 Å². The Bertz CT molecular complexity index is 392. The second kappa shape index (κ2) is 8.00. The summed E-state index contributed by atoms with van der Waals surface area (Å²) in [6, 6.07) is 6.72. The van der Waals surface area contributed by atoms with Crippen molar-refractivity contribution in [3.05, 3.63) is 33.8 Å². The lowest BCUT2D eigenvalue weighted by molar-refractivity contribution is 0.0384. The van der Waals surface area contributed by atoms with E-state index in [1.54, 1.807) is 0 Å². The molecule has 1 fully saturated rings. The number of halogens is 1. The Labute approximate surface area is 124 Å². The van der Waals surface area contributed by atoms with Crippen LogP contribution in [-0.4, -0.2) is 44.3 Å². The number of aryl methyl sites for hydroxylation is 1. The van der Waals surface area contributed by atoms with E-state index in [1.807, 2.05) is 0 Å². The van der Waals surface area contributed by atoms with Crippen molar-refractivity contribution in [3.63, 3.8) is 0 Å². The summed E-state index contributed by atoms with van der Waals surface area (Å²) >= 11 is 3.69. The number of morpholine rings is 1. The van der Waals surface area contributed by atoms with Gasteiger partial charge in [0.15, 0.2) is 0 Å². The molecule has 1 aliphatic heterocycles. The predicted molar refractivity (Wildman–Crippen MR) is 82.5 cm³/mol. The molecule has 0 bridgehead atoms. The molecule has 19 heavy (non-hydrogen) atoms. The van der Waals surface area contributed by atoms with Gasteiger partial charge in [-0.05, 0) is 43.0 Å². The van der Waals surface area contributed by atoms with Gasteiger partial charge in [0, 0.05) is 24.1 Å². The standard InChI is InChI=1S/C15H23BrN2O/c16-15-12-13(2-1-6-17)3-4-14(15)5-7-18-8-10-19-11-9-18/h3-4,12H,1-2,5-11,17H2. The van der Waals surface area contributed by atoms with Crippen molar-refractivity contribution in [1.82, 2.24) is 4.90 Å². The van der Waals surface area contributed by atoms with Gasteiger partial charge in [-0.15, -0.1) is 0 Å². The van der Waals surface area contributed by atoms with Crippen molar-refractivity contribution < 1.29 is 4.74 Å². The fourth-order valence-corrected chi connectivity index (χ4v) is 2.98. The molecule has 3 nitrogen and oxygen atoms in total. The summed E-state index contributed by atoms with van der Waals surface area (Å²) in [5.41, 5.74) is 8.31. The second-order valence-corrected chi connectivity index (χ2v) is 5.88. The topological polar surface area (TPSA) is 38.5 Å². The van der Waals surface area contributed by atoms with E-state index in [-0.39, 0.29) is 0 Å². The first-order chi connectivity index (χ1) is 9.29. The molecule has 0 aliphatic carbocycles. The molecule has 0 aromatic heterocycles. The zero-order valence-corrected chi connectivity index (χ0v) is 13.0. The number of nitrogens with zero attached hydrogens (tertiary/aromatic N) is 1. The number of benzene rings is 1. The monoisotopic (exact) mass is 326 g/mol. The zero-order chi connectivity index (χ0) is 13.5. The molecule has 2 N–H and O–H groups in total. The third-order valence-corrected chi connectivity index (χ3v) is 4.33. The highest BCUT2D eigenvalue weighted by Crippen LogP contribution is 2.20. The summed E-state index contributed by atoms with van der Waals surface area (Å²) in [6.45, 7) is 5.75. The van der Waals surface area contributed by atoms with Crippen LogP contribution < -0.4 is 5.73 Å². The highest BCUT2D eigenvalue weighted by atomic mass is 79.9. The molecule has 0 amide bonds. The number of rotatable bonds is 6. The van der Waals surface area contributed by atoms with Crippen LogP contribution in [0.1, 0.15) is 17.5 Å². The maximum Gasteiger partial charge on any atom is 0.0594 e. The molecule has 4 heteroatoms. The first kappa shape index (κ1) is 15.0. The summed E-state index contributed by atoms with van der Waals surface area (Å²) in [7, 11) is 0. The van der Waals surface area contributed by atoms with Crippen LogP contribution in [0.15, 0.2) is 22.7 Å². The summed E-state index contributed by atoms with van der Waals surface area (Å²) in [4.78, 5) is 2.47. The lowest BCUT2D eigenvalue weighted by Gasteiger charge is -2.26. The lowest BCUT2D eigenvalue weighted by Crippen LogP contribution is -2.37. The summed E-state index contributed by atoms with van der Waals surface area (Å²) in [5.74, 6) is 0. The fraction of sp³-hybridized carbons (Fsp3) is 0.600. The van der Waals surface area contributed by atoms with Gasteiger partial charge in [-0.3, -0.25) is 4.90 Å². The van der Waals surface area contributed by atoms with Gasteiger partial charge < -0.3 is 10.5 Å². The summed E-state index contributed by atoms with van der Waals surface area (Å²) in [5, 5.41) is 0. The minimum atomic E-state index is 0.760. The van der Waals surface area contributed by atoms with E-state index in [0.717, 1.165) is 58.7 Å². The summed E-state index contributed by atoms with van der Waals surface area (Å²) in [6.07, 6.45) is 3.22. The molecule has 1 saturated heterocycles. The van der Waals surface area contributed by atoms with Crippen molar-refractivity contribution >= 4 is 15.9 Å². The van der Waals surface area contributed by atoms with Gasteiger partial charge in [0.25, 0.3) is 0 Å². The van der Waals surface area contributed by atoms with Gasteiger partial charge in [0.1, 0.15) is 0 Å². The highest BCUT2D eigenvalue weighted by molar-refractivity contribution is 9.10. The van der Waals surface area contributed by atoms with E-state index in [0.29, 0.717) is 0 Å². The zero-order valence-electron chi connectivity index (χ0n) is 11.4.